The first-order chi connectivity index (χ1) is 11.9. The molecule has 2 heterocycles. The van der Waals surface area contributed by atoms with Crippen molar-refractivity contribution < 1.29 is 20.0 Å². The fourth-order valence-corrected chi connectivity index (χ4v) is 4.22. The van der Waals surface area contributed by atoms with Crippen LogP contribution >= 0.6 is 11.8 Å². The molecular formula is C17H22N4O3S. The van der Waals surface area contributed by atoms with E-state index in [1.165, 1.54) is 12.0 Å². The number of thioether (sulfide) groups is 1. The van der Waals surface area contributed by atoms with Crippen LogP contribution in [-0.2, 0) is 4.79 Å². The van der Waals surface area contributed by atoms with Crippen molar-refractivity contribution in [3.63, 3.8) is 0 Å². The molecule has 0 radical (unpaired) electrons. The molecule has 1 aromatic rings. The number of hydrogen-bond donors (Lipinski definition) is 1. The number of aromatic nitrogens is 2. The predicted octanol–water partition coefficient (Wildman–Crippen LogP) is 0.789. The number of ether oxygens (including phenoxy) is 1. The quantitative estimate of drug-likeness (QED) is 0.593. The van der Waals surface area contributed by atoms with Gasteiger partial charge in [-0.2, -0.15) is 4.98 Å². The summed E-state index contributed by atoms with van der Waals surface area (Å²) >= 11 is 1.60. The molecule has 1 aliphatic carbocycles. The monoisotopic (exact) mass is 362 g/mol. The van der Waals surface area contributed by atoms with E-state index in [4.69, 9.17) is 9.73 Å². The van der Waals surface area contributed by atoms with Crippen molar-refractivity contribution >= 4 is 29.1 Å². The number of rotatable bonds is 6. The Hall–Kier alpha value is -1.93. The van der Waals surface area contributed by atoms with Gasteiger partial charge >= 0.3 is 0 Å². The molecule has 8 heteroatoms. The van der Waals surface area contributed by atoms with Gasteiger partial charge in [0.05, 0.1) is 24.3 Å². The zero-order chi connectivity index (χ0) is 18.0. The Morgan fingerprint density at radius 2 is 2.20 bits per heavy atom. The molecule has 0 atom stereocenters. The molecule has 7 nitrogen and oxygen atoms in total. The molecule has 0 saturated carbocycles. The van der Waals surface area contributed by atoms with Crippen molar-refractivity contribution in [2.75, 3.05) is 13.7 Å². The SMILES string of the molecule is COc1ncnc2c1N=C1CC(C)(C)CC([NH2+]CCCC(=O)[O-])=C1S2. The minimum absolute atomic E-state index is 0.0872. The van der Waals surface area contributed by atoms with Gasteiger partial charge in [-0.15, -0.1) is 0 Å². The maximum absolute atomic E-state index is 10.6. The molecule has 134 valence electrons. The Balaban J connectivity index is 1.90. The van der Waals surface area contributed by atoms with Gasteiger partial charge in [-0.25, -0.2) is 9.98 Å². The number of carbonyl (C=O) groups is 1. The van der Waals surface area contributed by atoms with Crippen LogP contribution in [0.4, 0.5) is 5.69 Å². The van der Waals surface area contributed by atoms with Gasteiger partial charge in [0.15, 0.2) is 5.69 Å². The summed E-state index contributed by atoms with van der Waals surface area (Å²) in [6.07, 6.45) is 3.98. The van der Waals surface area contributed by atoms with Crippen LogP contribution in [-0.4, -0.2) is 35.3 Å². The molecule has 0 bridgehead atoms. The van der Waals surface area contributed by atoms with Crippen molar-refractivity contribution in [2.24, 2.45) is 10.4 Å². The van der Waals surface area contributed by atoms with Gasteiger partial charge in [0, 0.05) is 18.8 Å². The fraction of sp³-hybridized carbons (Fsp3) is 0.529. The van der Waals surface area contributed by atoms with Gasteiger partial charge < -0.3 is 20.0 Å². The van der Waals surface area contributed by atoms with Gasteiger partial charge in [-0.3, -0.25) is 0 Å². The molecule has 0 unspecified atom stereocenters. The van der Waals surface area contributed by atoms with Crippen molar-refractivity contribution in [1.29, 1.82) is 0 Å². The third-order valence-corrected chi connectivity index (χ3v) is 5.43. The summed E-state index contributed by atoms with van der Waals surface area (Å²) in [5, 5.41) is 13.5. The van der Waals surface area contributed by atoms with Crippen LogP contribution in [0.3, 0.4) is 0 Å². The van der Waals surface area contributed by atoms with E-state index in [0.29, 0.717) is 18.0 Å². The van der Waals surface area contributed by atoms with Gasteiger partial charge in [-0.1, -0.05) is 25.6 Å². The molecule has 0 aromatic carbocycles. The summed E-state index contributed by atoms with van der Waals surface area (Å²) in [6, 6.07) is 0. The van der Waals surface area contributed by atoms with E-state index in [1.807, 2.05) is 0 Å². The number of nitrogens with zero attached hydrogens (tertiary/aromatic N) is 3. The normalized spacial score (nSPS) is 18.3. The van der Waals surface area contributed by atoms with E-state index in [9.17, 15) is 9.90 Å². The van der Waals surface area contributed by atoms with Gasteiger partial charge in [0.2, 0.25) is 5.88 Å². The van der Waals surface area contributed by atoms with Crippen LogP contribution in [0.5, 0.6) is 5.88 Å². The van der Waals surface area contributed by atoms with E-state index < -0.39 is 5.97 Å². The summed E-state index contributed by atoms with van der Waals surface area (Å²) in [4.78, 5) is 25.0. The van der Waals surface area contributed by atoms with E-state index in [1.54, 1.807) is 18.9 Å². The lowest BCUT2D eigenvalue weighted by Crippen LogP contribution is -2.83. The number of methoxy groups -OCH3 is 1. The molecule has 0 fully saturated rings. The fourth-order valence-electron chi connectivity index (χ4n) is 3.18. The molecule has 1 aliphatic heterocycles. The molecule has 0 spiro atoms. The molecule has 1 aromatic heterocycles. The summed E-state index contributed by atoms with van der Waals surface area (Å²) in [6.45, 7) is 5.16. The zero-order valence-electron chi connectivity index (χ0n) is 14.7. The molecule has 2 aliphatic rings. The van der Waals surface area contributed by atoms with Crippen LogP contribution < -0.4 is 15.2 Å². The van der Waals surface area contributed by atoms with Gasteiger partial charge in [0.1, 0.15) is 17.1 Å². The number of hydrogen-bond acceptors (Lipinski definition) is 7. The number of allylic oxidation sites excluding steroid dienone is 2. The summed E-state index contributed by atoms with van der Waals surface area (Å²) in [5.41, 5.74) is 3.06. The minimum atomic E-state index is -0.998. The Morgan fingerprint density at radius 3 is 2.92 bits per heavy atom. The van der Waals surface area contributed by atoms with Crippen molar-refractivity contribution in [3.05, 3.63) is 16.9 Å². The van der Waals surface area contributed by atoms with Crippen LogP contribution in [0.15, 0.2) is 26.9 Å². The van der Waals surface area contributed by atoms with E-state index in [-0.39, 0.29) is 11.8 Å². The highest BCUT2D eigenvalue weighted by Gasteiger charge is 2.37. The molecular weight excluding hydrogens is 340 g/mol. The minimum Gasteiger partial charge on any atom is -0.550 e. The predicted molar refractivity (Wildman–Crippen MR) is 92.6 cm³/mol. The van der Waals surface area contributed by atoms with Gasteiger partial charge in [-0.05, 0) is 18.3 Å². The Morgan fingerprint density at radius 1 is 1.40 bits per heavy atom. The number of carboxylic acids is 1. The van der Waals surface area contributed by atoms with E-state index >= 15 is 0 Å². The Bertz CT molecular complexity index is 758. The maximum atomic E-state index is 10.6. The second kappa shape index (κ2) is 7.13. The smallest absolute Gasteiger partial charge is 0.244 e. The second-order valence-electron chi connectivity index (χ2n) is 7.04. The molecule has 0 amide bonds. The number of aliphatic carboxylic acids is 1. The van der Waals surface area contributed by atoms with E-state index in [2.05, 4.69) is 29.1 Å². The second-order valence-corrected chi connectivity index (χ2v) is 8.04. The third-order valence-electron chi connectivity index (χ3n) is 4.24. The average Bonchev–Trinajstić information content (AvgIpc) is 2.55. The maximum Gasteiger partial charge on any atom is 0.244 e. The van der Waals surface area contributed by atoms with Crippen molar-refractivity contribution in [1.82, 2.24) is 9.97 Å². The first-order valence-corrected chi connectivity index (χ1v) is 9.12. The molecule has 2 N–H and O–H groups in total. The number of aliphatic imine (C=N–C) groups is 1. The van der Waals surface area contributed by atoms with Gasteiger partial charge in [0.25, 0.3) is 0 Å². The highest BCUT2D eigenvalue weighted by Crippen LogP contribution is 2.48. The molecule has 0 saturated heterocycles. The first kappa shape index (κ1) is 17.9. The number of nitrogens with two attached hydrogens (primary N) is 1. The highest BCUT2D eigenvalue weighted by molar-refractivity contribution is 8.04. The van der Waals surface area contributed by atoms with E-state index in [0.717, 1.165) is 35.0 Å². The summed E-state index contributed by atoms with van der Waals surface area (Å²) < 4.78 is 5.32. The largest absolute Gasteiger partial charge is 0.550 e. The highest BCUT2D eigenvalue weighted by atomic mass is 32.2. The third kappa shape index (κ3) is 4.01. The first-order valence-electron chi connectivity index (χ1n) is 8.30. The molecule has 3 rings (SSSR count). The summed E-state index contributed by atoms with van der Waals surface area (Å²) in [7, 11) is 1.58. The lowest BCUT2D eigenvalue weighted by molar-refractivity contribution is -0.610. The van der Waals surface area contributed by atoms with Crippen LogP contribution in [0.1, 0.15) is 39.5 Å². The molecule has 25 heavy (non-hydrogen) atoms. The Kier molecular flexibility index (Phi) is 5.10. The lowest BCUT2D eigenvalue weighted by Gasteiger charge is -2.33. The van der Waals surface area contributed by atoms with Crippen molar-refractivity contribution in [3.8, 4) is 5.88 Å². The number of fused-ring (bicyclic) bond motifs is 2. The zero-order valence-corrected chi connectivity index (χ0v) is 15.5. The average molecular weight is 362 g/mol. The Labute approximate surface area is 151 Å². The number of quaternary nitrogens is 1. The number of carbonyl (C=O) groups excluding carboxylic acids is 1. The van der Waals surface area contributed by atoms with Crippen LogP contribution in [0.25, 0.3) is 0 Å². The van der Waals surface area contributed by atoms with Crippen LogP contribution in [0.2, 0.25) is 0 Å². The van der Waals surface area contributed by atoms with Crippen molar-refractivity contribution in [2.45, 2.75) is 44.6 Å². The standard InChI is InChI=1S/C17H22N4O3S/c1-17(2)7-10(18-6-4-5-12(22)23)14-11(8-17)21-13-15(24-3)19-9-20-16(13)25-14/h9,18H,4-8H2,1-3H3,(H,22,23). The summed E-state index contributed by atoms with van der Waals surface area (Å²) in [5.74, 6) is -0.506. The topological polar surface area (TPSA) is 104 Å². The lowest BCUT2D eigenvalue weighted by atomic mass is 9.78. The van der Waals surface area contributed by atoms with Crippen LogP contribution in [0, 0.1) is 5.41 Å². The number of carboxylic acid groups (broad SMARTS) is 1.